The van der Waals surface area contributed by atoms with Gasteiger partial charge < -0.3 is 0 Å². The second kappa shape index (κ2) is 5.50. The van der Waals surface area contributed by atoms with Crippen molar-refractivity contribution >= 4 is 17.8 Å². The molecule has 0 spiro atoms. The average molecular weight is 178 g/mol. The van der Waals surface area contributed by atoms with E-state index in [1.165, 1.54) is 25.2 Å². The summed E-state index contributed by atoms with van der Waals surface area (Å²) in [5.74, 6) is 0. The zero-order valence-electron chi connectivity index (χ0n) is 7.41. The first-order valence-corrected chi connectivity index (χ1v) is 6.04. The zero-order chi connectivity index (χ0) is 8.04. The van der Waals surface area contributed by atoms with Crippen LogP contribution in [0.25, 0.3) is 0 Å². The van der Waals surface area contributed by atoms with E-state index in [0.717, 1.165) is 8.58 Å². The molecule has 0 aliphatic heterocycles. The van der Waals surface area contributed by atoms with Gasteiger partial charge in [-0.1, -0.05) is 20.8 Å². The number of unbranched alkanes of at least 4 members (excludes halogenated alkanes) is 1. The maximum absolute atomic E-state index is 2.78. The lowest BCUT2D eigenvalue weighted by Crippen LogP contribution is -2.05. The van der Waals surface area contributed by atoms with Gasteiger partial charge in [0.2, 0.25) is 0 Å². The molecule has 2 unspecified atom stereocenters. The van der Waals surface area contributed by atoms with Gasteiger partial charge in [-0.2, -0.15) is 0 Å². The Morgan fingerprint density at radius 2 is 1.80 bits per heavy atom. The van der Waals surface area contributed by atoms with Gasteiger partial charge in [0, 0.05) is 0 Å². The van der Waals surface area contributed by atoms with Gasteiger partial charge in [0.15, 0.2) is 0 Å². The second-order valence-electron chi connectivity index (χ2n) is 3.67. The Labute approximate surface area is 69.5 Å². The standard InChI is InChI=1S/C8H20P2/c1-8(2,3)10-7-5-4-6-9/h10H,4-7,9H2,1-3H3. The molecule has 0 fully saturated rings. The summed E-state index contributed by atoms with van der Waals surface area (Å²) in [5.41, 5.74) is 0. The molecule has 0 aromatic heterocycles. The van der Waals surface area contributed by atoms with Crippen LogP contribution in [0.5, 0.6) is 0 Å². The Kier molecular flexibility index (Phi) is 5.98. The molecule has 0 saturated heterocycles. The largest absolute Gasteiger partial charge is 0.138 e. The van der Waals surface area contributed by atoms with E-state index in [0.29, 0.717) is 5.16 Å². The topological polar surface area (TPSA) is 0 Å². The molecule has 0 heterocycles. The van der Waals surface area contributed by atoms with Crippen LogP contribution in [-0.4, -0.2) is 17.5 Å². The summed E-state index contributed by atoms with van der Waals surface area (Å²) in [6.07, 6.45) is 5.50. The molecule has 0 aliphatic rings. The molecular formula is C8H20P2. The third kappa shape index (κ3) is 8.86. The van der Waals surface area contributed by atoms with Gasteiger partial charge in [-0.25, -0.2) is 0 Å². The van der Waals surface area contributed by atoms with Crippen molar-refractivity contribution < 1.29 is 0 Å². The first kappa shape index (κ1) is 10.9. The van der Waals surface area contributed by atoms with E-state index in [2.05, 4.69) is 30.0 Å². The van der Waals surface area contributed by atoms with Crippen LogP contribution < -0.4 is 0 Å². The molecule has 0 rings (SSSR count). The van der Waals surface area contributed by atoms with E-state index in [-0.39, 0.29) is 0 Å². The lowest BCUT2D eigenvalue weighted by atomic mass is 10.3. The monoisotopic (exact) mass is 178 g/mol. The molecule has 0 aromatic carbocycles. The molecule has 10 heavy (non-hydrogen) atoms. The molecule has 0 bridgehead atoms. The van der Waals surface area contributed by atoms with Gasteiger partial charge in [0.25, 0.3) is 0 Å². The molecule has 0 aromatic rings. The lowest BCUT2D eigenvalue weighted by Gasteiger charge is -2.17. The van der Waals surface area contributed by atoms with Crippen molar-refractivity contribution in [1.29, 1.82) is 0 Å². The Morgan fingerprint density at radius 1 is 1.20 bits per heavy atom. The van der Waals surface area contributed by atoms with E-state index < -0.39 is 0 Å². The molecule has 0 aliphatic carbocycles. The fraction of sp³-hybridized carbons (Fsp3) is 1.00. The Morgan fingerprint density at radius 3 is 2.20 bits per heavy atom. The van der Waals surface area contributed by atoms with Crippen LogP contribution in [0, 0.1) is 0 Å². The minimum absolute atomic E-state index is 0.570. The average Bonchev–Trinajstić information content (AvgIpc) is 1.78. The van der Waals surface area contributed by atoms with Gasteiger partial charge in [0.05, 0.1) is 0 Å². The maximum Gasteiger partial charge on any atom is -0.0207 e. The van der Waals surface area contributed by atoms with Crippen LogP contribution in [-0.2, 0) is 0 Å². The van der Waals surface area contributed by atoms with Crippen molar-refractivity contribution in [1.82, 2.24) is 0 Å². The molecule has 0 saturated carbocycles. The Bertz CT molecular complexity index is 73.8. The van der Waals surface area contributed by atoms with E-state index in [1.807, 2.05) is 0 Å². The van der Waals surface area contributed by atoms with Crippen molar-refractivity contribution in [2.24, 2.45) is 0 Å². The maximum atomic E-state index is 2.78. The fourth-order valence-corrected chi connectivity index (χ4v) is 2.20. The second-order valence-corrected chi connectivity index (χ2v) is 6.60. The Balaban J connectivity index is 3.04. The molecule has 0 radical (unpaired) electrons. The van der Waals surface area contributed by atoms with Gasteiger partial charge in [-0.3, -0.25) is 0 Å². The number of hydrogen-bond donors (Lipinski definition) is 0. The molecule has 2 atom stereocenters. The summed E-state index contributed by atoms with van der Waals surface area (Å²) >= 11 is 0. The zero-order valence-corrected chi connectivity index (χ0v) is 9.56. The summed E-state index contributed by atoms with van der Waals surface area (Å²) in [5, 5.41) is 0.570. The molecule has 2 heteroatoms. The SMILES string of the molecule is CC(C)(C)PCCCCP. The first-order valence-electron chi connectivity index (χ1n) is 4.01. The van der Waals surface area contributed by atoms with Crippen LogP contribution >= 0.6 is 17.8 Å². The van der Waals surface area contributed by atoms with Gasteiger partial charge in [0.1, 0.15) is 0 Å². The number of rotatable bonds is 4. The highest BCUT2D eigenvalue weighted by molar-refractivity contribution is 7.39. The van der Waals surface area contributed by atoms with Crippen LogP contribution in [0.3, 0.4) is 0 Å². The summed E-state index contributed by atoms with van der Waals surface area (Å²) in [4.78, 5) is 0. The third-order valence-corrected chi connectivity index (χ3v) is 3.36. The Hall–Kier alpha value is 0.860. The van der Waals surface area contributed by atoms with Gasteiger partial charge in [-0.15, -0.1) is 17.8 Å². The van der Waals surface area contributed by atoms with Crippen LogP contribution in [0.15, 0.2) is 0 Å². The molecule has 62 valence electrons. The molecule has 0 amide bonds. The van der Waals surface area contributed by atoms with E-state index in [1.54, 1.807) is 0 Å². The highest BCUT2D eigenvalue weighted by Crippen LogP contribution is 2.30. The van der Waals surface area contributed by atoms with E-state index in [9.17, 15) is 0 Å². The molecule has 0 N–H and O–H groups in total. The summed E-state index contributed by atoms with van der Waals surface area (Å²) in [6, 6.07) is 0. The normalized spacial score (nSPS) is 13.2. The smallest absolute Gasteiger partial charge is 0.0207 e. The molecule has 0 nitrogen and oxygen atoms in total. The fourth-order valence-electron chi connectivity index (χ4n) is 0.733. The highest BCUT2D eigenvalue weighted by atomic mass is 31.1. The van der Waals surface area contributed by atoms with Gasteiger partial charge in [-0.05, 0) is 30.3 Å². The van der Waals surface area contributed by atoms with Crippen molar-refractivity contribution in [3.8, 4) is 0 Å². The quantitative estimate of drug-likeness (QED) is 0.458. The summed E-state index contributed by atoms with van der Waals surface area (Å²) in [6.45, 7) is 6.98. The minimum atomic E-state index is 0.570. The lowest BCUT2D eigenvalue weighted by molar-refractivity contribution is 0.784. The van der Waals surface area contributed by atoms with Crippen LogP contribution in [0.4, 0.5) is 0 Å². The van der Waals surface area contributed by atoms with Crippen LogP contribution in [0.1, 0.15) is 33.6 Å². The minimum Gasteiger partial charge on any atom is -0.138 e. The number of hydrogen-bond acceptors (Lipinski definition) is 0. The summed E-state index contributed by atoms with van der Waals surface area (Å²) < 4.78 is 0. The first-order chi connectivity index (χ1) is 4.56. The van der Waals surface area contributed by atoms with Crippen LogP contribution in [0.2, 0.25) is 0 Å². The third-order valence-electron chi connectivity index (χ3n) is 1.29. The predicted octanol–water partition coefficient (Wildman–Crippen LogP) is 3.12. The predicted molar refractivity (Wildman–Crippen MR) is 56.7 cm³/mol. The van der Waals surface area contributed by atoms with E-state index >= 15 is 0 Å². The van der Waals surface area contributed by atoms with Crippen molar-refractivity contribution in [2.75, 3.05) is 12.3 Å². The summed E-state index contributed by atoms with van der Waals surface area (Å²) in [7, 11) is 3.93. The highest BCUT2D eigenvalue weighted by Gasteiger charge is 2.07. The van der Waals surface area contributed by atoms with Gasteiger partial charge >= 0.3 is 0 Å². The molecular weight excluding hydrogens is 158 g/mol. The van der Waals surface area contributed by atoms with Crippen molar-refractivity contribution in [2.45, 2.75) is 38.8 Å². The van der Waals surface area contributed by atoms with Crippen molar-refractivity contribution in [3.63, 3.8) is 0 Å². The van der Waals surface area contributed by atoms with Crippen molar-refractivity contribution in [3.05, 3.63) is 0 Å². The van der Waals surface area contributed by atoms with E-state index in [4.69, 9.17) is 0 Å².